The van der Waals surface area contributed by atoms with Crippen molar-refractivity contribution in [3.8, 4) is 17.1 Å². The molecule has 0 spiro atoms. The van der Waals surface area contributed by atoms with Crippen molar-refractivity contribution in [3.63, 3.8) is 0 Å². The van der Waals surface area contributed by atoms with Gasteiger partial charge in [0, 0.05) is 23.7 Å². The molecular formula is C23H19ClFN5OS. The van der Waals surface area contributed by atoms with E-state index in [0.29, 0.717) is 28.2 Å². The average Bonchev–Trinajstić information content (AvgIpc) is 2.78. The molecule has 0 aliphatic carbocycles. The van der Waals surface area contributed by atoms with Crippen molar-refractivity contribution in [2.24, 2.45) is 0 Å². The van der Waals surface area contributed by atoms with Crippen LogP contribution in [0.2, 0.25) is 5.15 Å². The van der Waals surface area contributed by atoms with Crippen LogP contribution in [0.4, 0.5) is 16.0 Å². The van der Waals surface area contributed by atoms with Crippen molar-refractivity contribution >= 4 is 35.0 Å². The summed E-state index contributed by atoms with van der Waals surface area (Å²) >= 11 is 7.68. The van der Waals surface area contributed by atoms with Crippen LogP contribution < -0.4 is 10.1 Å². The molecule has 0 bridgehead atoms. The lowest BCUT2D eigenvalue weighted by atomic mass is 10.2. The van der Waals surface area contributed by atoms with Crippen molar-refractivity contribution in [1.29, 1.82) is 0 Å². The van der Waals surface area contributed by atoms with Gasteiger partial charge in [-0.3, -0.25) is 0 Å². The van der Waals surface area contributed by atoms with Gasteiger partial charge in [-0.15, -0.1) is 0 Å². The number of aromatic nitrogens is 4. The highest BCUT2D eigenvalue weighted by molar-refractivity contribution is 7.97. The van der Waals surface area contributed by atoms with E-state index in [1.54, 1.807) is 36.2 Å². The molecule has 0 saturated heterocycles. The van der Waals surface area contributed by atoms with Crippen molar-refractivity contribution in [2.45, 2.75) is 12.4 Å². The number of ether oxygens (including phenoxy) is 1. The summed E-state index contributed by atoms with van der Waals surface area (Å²) in [6, 6.07) is 15.7. The SMILES string of the molecule is CSCc1cccc(Nc2ncnc(-c3ccc(F)cc3OCc3ccnc(Cl)c3)n2)c1. The number of thioether (sulfide) groups is 1. The van der Waals surface area contributed by atoms with Gasteiger partial charge in [0.1, 0.15) is 29.7 Å². The Morgan fingerprint density at radius 3 is 2.78 bits per heavy atom. The molecule has 0 aliphatic heterocycles. The van der Waals surface area contributed by atoms with E-state index in [1.807, 2.05) is 18.2 Å². The van der Waals surface area contributed by atoms with Crippen LogP contribution in [0.1, 0.15) is 11.1 Å². The molecule has 4 aromatic rings. The normalized spacial score (nSPS) is 10.7. The van der Waals surface area contributed by atoms with Crippen LogP contribution in [0.5, 0.6) is 5.75 Å². The number of anilines is 2. The van der Waals surface area contributed by atoms with E-state index in [0.717, 1.165) is 17.0 Å². The molecule has 6 nitrogen and oxygen atoms in total. The zero-order valence-electron chi connectivity index (χ0n) is 17.1. The maximum atomic E-state index is 13.9. The van der Waals surface area contributed by atoms with Crippen LogP contribution in [0.3, 0.4) is 0 Å². The van der Waals surface area contributed by atoms with E-state index >= 15 is 0 Å². The monoisotopic (exact) mass is 467 g/mol. The minimum atomic E-state index is -0.422. The third-order valence-corrected chi connectivity index (χ3v) is 5.26. The molecule has 0 amide bonds. The lowest BCUT2D eigenvalue weighted by molar-refractivity contribution is 0.305. The third-order valence-electron chi connectivity index (χ3n) is 4.44. The standard InChI is InChI=1S/C23H19ClFN5OS/c1-32-13-16-3-2-4-18(9-16)29-23-28-14-27-22(30-23)19-6-5-17(25)11-20(19)31-12-15-7-8-26-21(24)10-15/h2-11,14H,12-13H2,1H3,(H,27,28,29,30). The van der Waals surface area contributed by atoms with Crippen LogP contribution in [0.15, 0.2) is 67.1 Å². The number of hydrogen-bond donors (Lipinski definition) is 1. The summed E-state index contributed by atoms with van der Waals surface area (Å²) < 4.78 is 19.8. The predicted molar refractivity (Wildman–Crippen MR) is 126 cm³/mol. The van der Waals surface area contributed by atoms with E-state index in [-0.39, 0.29) is 6.61 Å². The zero-order chi connectivity index (χ0) is 22.3. The topological polar surface area (TPSA) is 72.8 Å². The average molecular weight is 468 g/mol. The van der Waals surface area contributed by atoms with Gasteiger partial charge < -0.3 is 10.1 Å². The van der Waals surface area contributed by atoms with Crippen molar-refractivity contribution in [2.75, 3.05) is 11.6 Å². The highest BCUT2D eigenvalue weighted by Crippen LogP contribution is 2.30. The molecule has 1 N–H and O–H groups in total. The number of benzene rings is 2. The summed E-state index contributed by atoms with van der Waals surface area (Å²) in [6.07, 6.45) is 5.06. The Morgan fingerprint density at radius 1 is 1.03 bits per heavy atom. The Balaban J connectivity index is 1.58. The number of halogens is 2. The smallest absolute Gasteiger partial charge is 0.230 e. The summed E-state index contributed by atoms with van der Waals surface area (Å²) in [6.45, 7) is 0.192. The van der Waals surface area contributed by atoms with Gasteiger partial charge in [-0.25, -0.2) is 19.3 Å². The maximum absolute atomic E-state index is 13.9. The third kappa shape index (κ3) is 5.72. The van der Waals surface area contributed by atoms with Gasteiger partial charge in [0.2, 0.25) is 5.95 Å². The molecule has 9 heteroatoms. The highest BCUT2D eigenvalue weighted by atomic mass is 35.5. The molecule has 2 heterocycles. The molecule has 0 saturated carbocycles. The first kappa shape index (κ1) is 22.0. The van der Waals surface area contributed by atoms with Gasteiger partial charge >= 0.3 is 0 Å². The molecule has 0 unspecified atom stereocenters. The molecule has 0 atom stereocenters. The summed E-state index contributed by atoms with van der Waals surface area (Å²) in [5.41, 5.74) is 3.43. The van der Waals surface area contributed by atoms with Gasteiger partial charge in [-0.05, 0) is 53.8 Å². The van der Waals surface area contributed by atoms with Crippen LogP contribution in [-0.4, -0.2) is 26.2 Å². The highest BCUT2D eigenvalue weighted by Gasteiger charge is 2.13. The number of pyridine rings is 1. The van der Waals surface area contributed by atoms with Gasteiger partial charge in [0.15, 0.2) is 5.82 Å². The predicted octanol–water partition coefficient (Wildman–Crippen LogP) is 5.91. The number of nitrogens with one attached hydrogen (secondary N) is 1. The van der Waals surface area contributed by atoms with Gasteiger partial charge in [0.05, 0.1) is 5.56 Å². The minimum absolute atomic E-state index is 0.192. The lowest BCUT2D eigenvalue weighted by Gasteiger charge is -2.12. The number of hydrogen-bond acceptors (Lipinski definition) is 7. The Morgan fingerprint density at radius 2 is 1.94 bits per heavy atom. The molecule has 4 rings (SSSR count). The van der Waals surface area contributed by atoms with Crippen LogP contribution in [0, 0.1) is 5.82 Å². The van der Waals surface area contributed by atoms with E-state index in [4.69, 9.17) is 16.3 Å². The maximum Gasteiger partial charge on any atom is 0.230 e. The van der Waals surface area contributed by atoms with Gasteiger partial charge in [-0.1, -0.05) is 23.7 Å². The Kier molecular flexibility index (Phi) is 7.14. The fourth-order valence-electron chi connectivity index (χ4n) is 3.01. The molecule has 0 fully saturated rings. The number of nitrogens with zero attached hydrogens (tertiary/aromatic N) is 4. The molecule has 32 heavy (non-hydrogen) atoms. The fraction of sp³-hybridized carbons (Fsp3) is 0.130. The van der Waals surface area contributed by atoms with Crippen LogP contribution in [0.25, 0.3) is 11.4 Å². The summed E-state index contributed by atoms with van der Waals surface area (Å²) in [5.74, 6) is 1.56. The van der Waals surface area contributed by atoms with E-state index in [2.05, 4.69) is 37.6 Å². The van der Waals surface area contributed by atoms with Crippen LogP contribution >= 0.6 is 23.4 Å². The van der Waals surface area contributed by atoms with Gasteiger partial charge in [0.25, 0.3) is 0 Å². The van der Waals surface area contributed by atoms with Crippen LogP contribution in [-0.2, 0) is 12.4 Å². The summed E-state index contributed by atoms with van der Waals surface area (Å²) in [5, 5.41) is 3.56. The molecule has 2 aromatic heterocycles. The minimum Gasteiger partial charge on any atom is -0.488 e. The van der Waals surface area contributed by atoms with Crippen molar-refractivity contribution < 1.29 is 9.13 Å². The molecular weight excluding hydrogens is 449 g/mol. The Bertz CT molecular complexity index is 1230. The first-order valence-electron chi connectivity index (χ1n) is 9.68. The summed E-state index contributed by atoms with van der Waals surface area (Å²) in [4.78, 5) is 16.9. The van der Waals surface area contributed by atoms with E-state index < -0.39 is 5.82 Å². The Labute approximate surface area is 194 Å². The molecule has 0 radical (unpaired) electrons. The van der Waals surface area contributed by atoms with Gasteiger partial charge in [-0.2, -0.15) is 16.7 Å². The number of rotatable bonds is 8. The first-order valence-corrected chi connectivity index (χ1v) is 11.4. The lowest BCUT2D eigenvalue weighted by Crippen LogP contribution is -2.03. The molecule has 2 aromatic carbocycles. The molecule has 162 valence electrons. The van der Waals surface area contributed by atoms with Crippen molar-refractivity contribution in [3.05, 3.63) is 89.2 Å². The zero-order valence-corrected chi connectivity index (χ0v) is 18.7. The first-order chi connectivity index (χ1) is 15.6. The second-order valence-electron chi connectivity index (χ2n) is 6.81. The van der Waals surface area contributed by atoms with E-state index in [1.165, 1.54) is 24.0 Å². The molecule has 0 aliphatic rings. The summed E-state index contributed by atoms with van der Waals surface area (Å²) in [7, 11) is 0. The second kappa shape index (κ2) is 10.4. The fourth-order valence-corrected chi connectivity index (χ4v) is 3.72. The van der Waals surface area contributed by atoms with E-state index in [9.17, 15) is 4.39 Å². The second-order valence-corrected chi connectivity index (χ2v) is 8.06. The van der Waals surface area contributed by atoms with Crippen molar-refractivity contribution in [1.82, 2.24) is 19.9 Å². The Hall–Kier alpha value is -3.23. The largest absolute Gasteiger partial charge is 0.488 e. The quantitative estimate of drug-likeness (QED) is 0.323.